The van der Waals surface area contributed by atoms with E-state index in [1.165, 1.54) is 0 Å². The van der Waals surface area contributed by atoms with Crippen molar-refractivity contribution in [3.05, 3.63) is 29.3 Å². The number of hydrogen-bond acceptors (Lipinski definition) is 2. The fourth-order valence-electron chi connectivity index (χ4n) is 2.10. The molecule has 1 aromatic carbocycles. The molecule has 1 aliphatic rings. The van der Waals surface area contributed by atoms with Crippen molar-refractivity contribution < 1.29 is 8.42 Å². The lowest BCUT2D eigenvalue weighted by Gasteiger charge is -2.15. The first kappa shape index (κ1) is 12.6. The predicted octanol–water partition coefficient (Wildman–Crippen LogP) is 2.38. The van der Waals surface area contributed by atoms with Gasteiger partial charge in [-0.2, -0.15) is 0 Å². The minimum atomic E-state index is -3.36. The average molecular weight is 253 g/mol. The third-order valence-electron chi connectivity index (χ3n) is 3.29. The molecule has 0 unspecified atom stereocenters. The summed E-state index contributed by atoms with van der Waals surface area (Å²) in [6.45, 7) is 5.74. The van der Waals surface area contributed by atoms with Crippen LogP contribution in [0, 0.1) is 19.8 Å². The normalized spacial score (nSPS) is 18.1. The Bertz CT molecular complexity index is 518. The molecule has 1 atom stereocenters. The summed E-state index contributed by atoms with van der Waals surface area (Å²) < 4.78 is 27.2. The summed E-state index contributed by atoms with van der Waals surface area (Å²) in [6, 6.07) is 5.47. The van der Waals surface area contributed by atoms with Gasteiger partial charge in [0, 0.05) is 6.04 Å². The summed E-state index contributed by atoms with van der Waals surface area (Å²) in [4.78, 5) is 0.399. The molecule has 1 aliphatic carbocycles. The topological polar surface area (TPSA) is 46.2 Å². The van der Waals surface area contributed by atoms with Crippen molar-refractivity contribution in [3.8, 4) is 0 Å². The standard InChI is InChI=1S/C13H19NO2S/c1-9-4-7-13(10(2)8-9)17(15,16)14-11(3)12-5-6-12/h4,7-8,11-12,14H,5-6H2,1-3H3/t11-/m0/s1. The van der Waals surface area contributed by atoms with Crippen molar-refractivity contribution >= 4 is 10.0 Å². The highest BCUT2D eigenvalue weighted by Crippen LogP contribution is 2.33. The number of sulfonamides is 1. The van der Waals surface area contributed by atoms with Gasteiger partial charge in [0.15, 0.2) is 0 Å². The molecule has 94 valence electrons. The van der Waals surface area contributed by atoms with E-state index in [-0.39, 0.29) is 6.04 Å². The van der Waals surface area contributed by atoms with Gasteiger partial charge < -0.3 is 0 Å². The van der Waals surface area contributed by atoms with E-state index >= 15 is 0 Å². The molecule has 1 saturated carbocycles. The van der Waals surface area contributed by atoms with Crippen LogP contribution < -0.4 is 4.72 Å². The van der Waals surface area contributed by atoms with Gasteiger partial charge >= 0.3 is 0 Å². The minimum Gasteiger partial charge on any atom is -0.208 e. The van der Waals surface area contributed by atoms with Crippen LogP contribution in [0.1, 0.15) is 30.9 Å². The zero-order valence-electron chi connectivity index (χ0n) is 10.5. The van der Waals surface area contributed by atoms with Gasteiger partial charge in [-0.1, -0.05) is 17.7 Å². The third kappa shape index (κ3) is 2.87. The van der Waals surface area contributed by atoms with Crippen LogP contribution in [0.25, 0.3) is 0 Å². The van der Waals surface area contributed by atoms with Crippen LogP contribution in [0.4, 0.5) is 0 Å². The van der Waals surface area contributed by atoms with E-state index in [2.05, 4.69) is 4.72 Å². The van der Waals surface area contributed by atoms with Crippen molar-refractivity contribution in [1.82, 2.24) is 4.72 Å². The molecule has 2 rings (SSSR count). The van der Waals surface area contributed by atoms with E-state index in [9.17, 15) is 8.42 Å². The summed E-state index contributed by atoms with van der Waals surface area (Å²) in [5.41, 5.74) is 1.89. The number of aryl methyl sites for hydroxylation is 2. The first-order chi connectivity index (χ1) is 7.90. The lowest BCUT2D eigenvalue weighted by atomic mass is 10.2. The number of benzene rings is 1. The predicted molar refractivity (Wildman–Crippen MR) is 68.4 cm³/mol. The molecule has 0 amide bonds. The van der Waals surface area contributed by atoms with Crippen LogP contribution in [-0.4, -0.2) is 14.5 Å². The quantitative estimate of drug-likeness (QED) is 0.895. The number of rotatable bonds is 4. The molecule has 1 fully saturated rings. The second-order valence-corrected chi connectivity index (χ2v) is 6.70. The smallest absolute Gasteiger partial charge is 0.208 e. The number of nitrogens with one attached hydrogen (secondary N) is 1. The zero-order chi connectivity index (χ0) is 12.6. The summed E-state index contributed by atoms with van der Waals surface area (Å²) >= 11 is 0. The number of hydrogen-bond donors (Lipinski definition) is 1. The molecule has 17 heavy (non-hydrogen) atoms. The van der Waals surface area contributed by atoms with Gasteiger partial charge in [0.25, 0.3) is 0 Å². The summed E-state index contributed by atoms with van der Waals surface area (Å²) in [6.07, 6.45) is 2.27. The molecule has 1 N–H and O–H groups in total. The Balaban J connectivity index is 2.24. The highest BCUT2D eigenvalue weighted by molar-refractivity contribution is 7.89. The molecule has 0 heterocycles. The van der Waals surface area contributed by atoms with Gasteiger partial charge in [0.1, 0.15) is 0 Å². The van der Waals surface area contributed by atoms with Gasteiger partial charge in [-0.3, -0.25) is 0 Å². The fraction of sp³-hybridized carbons (Fsp3) is 0.538. The molecule has 0 bridgehead atoms. The molecule has 0 radical (unpaired) electrons. The maximum absolute atomic E-state index is 12.2. The maximum Gasteiger partial charge on any atom is 0.241 e. The van der Waals surface area contributed by atoms with Crippen LogP contribution in [0.15, 0.2) is 23.1 Å². The Morgan fingerprint density at radius 3 is 2.47 bits per heavy atom. The Kier molecular flexibility index (Phi) is 3.27. The average Bonchev–Trinajstić information content (AvgIpc) is 2.98. The molecular weight excluding hydrogens is 234 g/mol. The van der Waals surface area contributed by atoms with Crippen molar-refractivity contribution in [2.75, 3.05) is 0 Å². The Morgan fingerprint density at radius 1 is 1.29 bits per heavy atom. The van der Waals surface area contributed by atoms with Crippen LogP contribution in [0.5, 0.6) is 0 Å². The van der Waals surface area contributed by atoms with Crippen molar-refractivity contribution in [2.45, 2.75) is 44.6 Å². The van der Waals surface area contributed by atoms with Gasteiger partial charge in [-0.05, 0) is 51.2 Å². The van der Waals surface area contributed by atoms with Crippen LogP contribution in [0.3, 0.4) is 0 Å². The molecule has 3 nitrogen and oxygen atoms in total. The van der Waals surface area contributed by atoms with Gasteiger partial charge in [0.2, 0.25) is 10.0 Å². The van der Waals surface area contributed by atoms with Crippen molar-refractivity contribution in [1.29, 1.82) is 0 Å². The highest BCUT2D eigenvalue weighted by atomic mass is 32.2. The monoisotopic (exact) mass is 253 g/mol. The first-order valence-corrected chi connectivity index (χ1v) is 7.48. The van der Waals surface area contributed by atoms with Gasteiger partial charge in [0.05, 0.1) is 4.90 Å². The van der Waals surface area contributed by atoms with E-state index in [1.54, 1.807) is 6.07 Å². The first-order valence-electron chi connectivity index (χ1n) is 6.00. The van der Waals surface area contributed by atoms with Gasteiger partial charge in [-0.25, -0.2) is 13.1 Å². The second kappa shape index (κ2) is 4.42. The maximum atomic E-state index is 12.2. The summed E-state index contributed by atoms with van der Waals surface area (Å²) in [5.74, 6) is 0.524. The molecule has 0 aliphatic heterocycles. The molecular formula is C13H19NO2S. The fourth-order valence-corrected chi connectivity index (χ4v) is 3.64. The molecule has 4 heteroatoms. The Labute approximate surface area is 103 Å². The van der Waals surface area contributed by atoms with E-state index < -0.39 is 10.0 Å². The molecule has 0 aromatic heterocycles. The molecule has 1 aromatic rings. The second-order valence-electron chi connectivity index (χ2n) is 5.02. The van der Waals surface area contributed by atoms with E-state index in [4.69, 9.17) is 0 Å². The Morgan fingerprint density at radius 2 is 1.94 bits per heavy atom. The lowest BCUT2D eigenvalue weighted by Crippen LogP contribution is -2.34. The zero-order valence-corrected chi connectivity index (χ0v) is 11.3. The van der Waals surface area contributed by atoms with Crippen LogP contribution >= 0.6 is 0 Å². The van der Waals surface area contributed by atoms with Crippen LogP contribution in [-0.2, 0) is 10.0 Å². The van der Waals surface area contributed by atoms with E-state index in [0.717, 1.165) is 24.0 Å². The van der Waals surface area contributed by atoms with E-state index in [0.29, 0.717) is 10.8 Å². The highest BCUT2D eigenvalue weighted by Gasteiger charge is 2.31. The Hall–Kier alpha value is -0.870. The molecule has 0 saturated heterocycles. The third-order valence-corrected chi connectivity index (χ3v) is 5.01. The summed E-state index contributed by atoms with van der Waals surface area (Å²) in [5, 5.41) is 0. The van der Waals surface area contributed by atoms with Crippen molar-refractivity contribution in [2.24, 2.45) is 5.92 Å². The van der Waals surface area contributed by atoms with Gasteiger partial charge in [-0.15, -0.1) is 0 Å². The van der Waals surface area contributed by atoms with Crippen LogP contribution in [0.2, 0.25) is 0 Å². The largest absolute Gasteiger partial charge is 0.241 e. The van der Waals surface area contributed by atoms with Crippen molar-refractivity contribution in [3.63, 3.8) is 0 Å². The summed E-state index contributed by atoms with van der Waals surface area (Å²) in [7, 11) is -3.36. The SMILES string of the molecule is Cc1ccc(S(=O)(=O)N[C@@H](C)C2CC2)c(C)c1. The molecule has 0 spiro atoms. The van der Waals surface area contributed by atoms with E-state index in [1.807, 2.05) is 32.9 Å². The minimum absolute atomic E-state index is 0.0423. The lowest BCUT2D eigenvalue weighted by molar-refractivity contribution is 0.537.